The molecular formula is C14H22O5. The fraction of sp³-hybridized carbons (Fsp3) is 0.571. The number of benzene rings is 1. The highest BCUT2D eigenvalue weighted by Gasteiger charge is 2.04. The minimum Gasteiger partial charge on any atom is -0.497 e. The molecule has 0 aromatic heterocycles. The van der Waals surface area contributed by atoms with Gasteiger partial charge in [0.05, 0.1) is 20.3 Å². The zero-order chi connectivity index (χ0) is 13.9. The quantitative estimate of drug-likeness (QED) is 0.655. The lowest BCUT2D eigenvalue weighted by Crippen LogP contribution is -2.09. The Morgan fingerprint density at radius 3 is 2.58 bits per heavy atom. The molecule has 0 heterocycles. The Morgan fingerprint density at radius 2 is 1.89 bits per heavy atom. The van der Waals surface area contributed by atoms with Crippen molar-refractivity contribution < 1.29 is 24.1 Å². The van der Waals surface area contributed by atoms with E-state index in [1.54, 1.807) is 32.4 Å². The Labute approximate surface area is 114 Å². The van der Waals surface area contributed by atoms with Crippen molar-refractivity contribution in [2.24, 2.45) is 0 Å². The molecule has 1 N–H and O–H groups in total. The first-order chi connectivity index (χ1) is 9.31. The van der Waals surface area contributed by atoms with Crippen molar-refractivity contribution in [2.75, 3.05) is 40.6 Å². The number of methoxy groups -OCH3 is 2. The van der Waals surface area contributed by atoms with Gasteiger partial charge in [-0.2, -0.15) is 0 Å². The number of hydrogen-bond acceptors (Lipinski definition) is 5. The van der Waals surface area contributed by atoms with Crippen molar-refractivity contribution in [1.82, 2.24) is 0 Å². The van der Waals surface area contributed by atoms with Gasteiger partial charge in [-0.3, -0.25) is 0 Å². The second-order valence-corrected chi connectivity index (χ2v) is 3.94. The van der Waals surface area contributed by atoms with Gasteiger partial charge < -0.3 is 24.1 Å². The molecular weight excluding hydrogens is 248 g/mol. The molecule has 0 saturated carbocycles. The topological polar surface area (TPSA) is 57.2 Å². The van der Waals surface area contributed by atoms with E-state index in [9.17, 15) is 5.11 Å². The second-order valence-electron chi connectivity index (χ2n) is 3.94. The van der Waals surface area contributed by atoms with Gasteiger partial charge in [0.2, 0.25) is 0 Å². The van der Waals surface area contributed by atoms with E-state index < -0.39 is 0 Å². The summed E-state index contributed by atoms with van der Waals surface area (Å²) in [4.78, 5) is 0. The van der Waals surface area contributed by atoms with Crippen LogP contribution in [0.4, 0.5) is 0 Å². The largest absolute Gasteiger partial charge is 0.497 e. The highest BCUT2D eigenvalue weighted by molar-refractivity contribution is 5.40. The van der Waals surface area contributed by atoms with Gasteiger partial charge in [-0.1, -0.05) is 0 Å². The van der Waals surface area contributed by atoms with Crippen LogP contribution in [0.3, 0.4) is 0 Å². The van der Waals surface area contributed by atoms with Gasteiger partial charge >= 0.3 is 0 Å². The molecule has 0 radical (unpaired) electrons. The Morgan fingerprint density at radius 1 is 1.05 bits per heavy atom. The zero-order valence-corrected chi connectivity index (χ0v) is 11.6. The summed E-state index contributed by atoms with van der Waals surface area (Å²) in [5.74, 6) is 1.33. The molecule has 5 heteroatoms. The molecule has 0 aliphatic rings. The lowest BCUT2D eigenvalue weighted by molar-refractivity contribution is 0.0800. The van der Waals surface area contributed by atoms with Crippen molar-refractivity contribution in [3.05, 3.63) is 23.8 Å². The van der Waals surface area contributed by atoms with Crippen molar-refractivity contribution in [2.45, 2.75) is 13.0 Å². The fourth-order valence-electron chi connectivity index (χ4n) is 1.54. The van der Waals surface area contributed by atoms with Crippen LogP contribution in [-0.2, 0) is 16.1 Å². The van der Waals surface area contributed by atoms with E-state index in [0.717, 1.165) is 12.0 Å². The van der Waals surface area contributed by atoms with Gasteiger partial charge in [0, 0.05) is 32.0 Å². The van der Waals surface area contributed by atoms with E-state index in [4.69, 9.17) is 18.9 Å². The molecule has 0 fully saturated rings. The molecule has 108 valence electrons. The van der Waals surface area contributed by atoms with Gasteiger partial charge in [-0.25, -0.2) is 0 Å². The summed E-state index contributed by atoms with van der Waals surface area (Å²) in [6, 6.07) is 5.34. The van der Waals surface area contributed by atoms with Crippen LogP contribution in [0.2, 0.25) is 0 Å². The Hall–Kier alpha value is -1.30. The molecule has 0 saturated heterocycles. The van der Waals surface area contributed by atoms with Gasteiger partial charge in [0.25, 0.3) is 0 Å². The summed E-state index contributed by atoms with van der Waals surface area (Å²) in [6.45, 7) is 2.24. The highest BCUT2D eigenvalue weighted by atomic mass is 16.5. The van der Waals surface area contributed by atoms with Crippen LogP contribution in [0.15, 0.2) is 18.2 Å². The third kappa shape index (κ3) is 5.92. The Bertz CT molecular complexity index is 354. The molecule has 0 unspecified atom stereocenters. The second kappa shape index (κ2) is 9.61. The van der Waals surface area contributed by atoms with E-state index in [-0.39, 0.29) is 6.61 Å². The molecule has 19 heavy (non-hydrogen) atoms. The molecule has 1 aromatic rings. The first-order valence-electron chi connectivity index (χ1n) is 6.29. The third-order valence-corrected chi connectivity index (χ3v) is 2.57. The molecule has 1 rings (SSSR count). The molecule has 5 nitrogen and oxygen atoms in total. The van der Waals surface area contributed by atoms with E-state index in [0.29, 0.717) is 37.9 Å². The van der Waals surface area contributed by atoms with Crippen molar-refractivity contribution in [3.63, 3.8) is 0 Å². The maximum Gasteiger partial charge on any atom is 0.128 e. The van der Waals surface area contributed by atoms with Crippen LogP contribution >= 0.6 is 0 Å². The van der Waals surface area contributed by atoms with Gasteiger partial charge in [0.1, 0.15) is 18.1 Å². The Balaban J connectivity index is 2.31. The van der Waals surface area contributed by atoms with E-state index in [2.05, 4.69) is 0 Å². The predicted octanol–water partition coefficient (Wildman–Crippen LogP) is 1.62. The first-order valence-corrected chi connectivity index (χ1v) is 6.29. The number of rotatable bonds is 10. The molecule has 1 aromatic carbocycles. The number of aliphatic hydroxyl groups excluding tert-OH is 1. The minimum absolute atomic E-state index is 0.0615. The molecule has 0 aliphatic heterocycles. The van der Waals surface area contributed by atoms with E-state index >= 15 is 0 Å². The lowest BCUT2D eigenvalue weighted by Gasteiger charge is -2.12. The summed E-state index contributed by atoms with van der Waals surface area (Å²) in [5, 5.41) is 9.22. The molecule has 0 amide bonds. The van der Waals surface area contributed by atoms with Crippen molar-refractivity contribution in [1.29, 1.82) is 0 Å². The fourth-order valence-corrected chi connectivity index (χ4v) is 1.54. The van der Waals surface area contributed by atoms with Crippen molar-refractivity contribution >= 4 is 0 Å². The summed E-state index contributed by atoms with van der Waals surface area (Å²) in [5.41, 5.74) is 0.736. The van der Waals surface area contributed by atoms with Crippen LogP contribution in [0.25, 0.3) is 0 Å². The summed E-state index contributed by atoms with van der Waals surface area (Å²) >= 11 is 0. The summed E-state index contributed by atoms with van der Waals surface area (Å²) in [6.07, 6.45) is 0.873. The van der Waals surface area contributed by atoms with Crippen LogP contribution in [-0.4, -0.2) is 45.8 Å². The monoisotopic (exact) mass is 270 g/mol. The van der Waals surface area contributed by atoms with Crippen LogP contribution < -0.4 is 9.47 Å². The van der Waals surface area contributed by atoms with Gasteiger partial charge in [-0.15, -0.1) is 0 Å². The number of hydrogen-bond donors (Lipinski definition) is 1. The average molecular weight is 270 g/mol. The smallest absolute Gasteiger partial charge is 0.128 e. The maximum atomic E-state index is 9.22. The minimum atomic E-state index is -0.0615. The number of aliphatic hydroxyl groups is 1. The van der Waals surface area contributed by atoms with Gasteiger partial charge in [-0.05, 0) is 18.6 Å². The first kappa shape index (κ1) is 15.8. The molecule has 0 atom stereocenters. The van der Waals surface area contributed by atoms with Crippen LogP contribution in [0.1, 0.15) is 12.0 Å². The summed E-state index contributed by atoms with van der Waals surface area (Å²) in [7, 11) is 3.26. The molecule has 0 spiro atoms. The molecule has 0 aliphatic carbocycles. The third-order valence-electron chi connectivity index (χ3n) is 2.57. The lowest BCUT2D eigenvalue weighted by atomic mass is 10.2. The standard InChI is InChI=1S/C14H22O5/c1-16-6-3-7-18-8-9-19-14-10-13(17-2)5-4-12(14)11-15/h4-5,10,15H,3,6-9,11H2,1-2H3. The normalized spacial score (nSPS) is 10.5. The Kier molecular flexibility index (Phi) is 7.97. The van der Waals surface area contributed by atoms with E-state index in [1.165, 1.54) is 0 Å². The SMILES string of the molecule is COCCCOCCOc1cc(OC)ccc1CO. The highest BCUT2D eigenvalue weighted by Crippen LogP contribution is 2.24. The maximum absolute atomic E-state index is 9.22. The van der Waals surface area contributed by atoms with Crippen molar-refractivity contribution in [3.8, 4) is 11.5 Å². The van der Waals surface area contributed by atoms with Crippen LogP contribution in [0, 0.1) is 0 Å². The predicted molar refractivity (Wildman–Crippen MR) is 71.7 cm³/mol. The average Bonchev–Trinajstić information content (AvgIpc) is 2.46. The van der Waals surface area contributed by atoms with Gasteiger partial charge in [0.15, 0.2) is 0 Å². The zero-order valence-electron chi connectivity index (χ0n) is 11.6. The number of ether oxygens (including phenoxy) is 4. The van der Waals surface area contributed by atoms with Crippen LogP contribution in [0.5, 0.6) is 11.5 Å². The molecule has 0 bridgehead atoms. The summed E-state index contributed by atoms with van der Waals surface area (Å²) < 4.78 is 21.0. The van der Waals surface area contributed by atoms with E-state index in [1.807, 2.05) is 0 Å².